The maximum absolute atomic E-state index is 12.0. The molecule has 2 N–H and O–H groups in total. The van der Waals surface area contributed by atoms with Gasteiger partial charge in [0.1, 0.15) is 0 Å². The maximum atomic E-state index is 12.0. The first-order chi connectivity index (χ1) is 9.47. The fourth-order valence-corrected chi connectivity index (χ4v) is 2.70. The molecule has 20 heavy (non-hydrogen) atoms. The monoisotopic (exact) mass is 313 g/mol. The van der Waals surface area contributed by atoms with Crippen molar-refractivity contribution in [3.8, 4) is 0 Å². The van der Waals surface area contributed by atoms with Crippen molar-refractivity contribution in [1.82, 2.24) is 0 Å². The quantitative estimate of drug-likeness (QED) is 0.826. The number of carbonyl (C=O) groups is 2. The predicted octanol–water partition coefficient (Wildman–Crippen LogP) is 3.99. The van der Waals surface area contributed by atoms with Crippen LogP contribution in [-0.2, 0) is 4.79 Å². The molecule has 0 spiro atoms. The van der Waals surface area contributed by atoms with Crippen molar-refractivity contribution in [1.29, 1.82) is 0 Å². The number of amides is 1. The van der Waals surface area contributed by atoms with Gasteiger partial charge in [-0.2, -0.15) is 0 Å². The summed E-state index contributed by atoms with van der Waals surface area (Å²) in [6, 6.07) is 2.67. The molecule has 2 rings (SSSR count). The summed E-state index contributed by atoms with van der Waals surface area (Å²) in [7, 11) is 0. The van der Waals surface area contributed by atoms with E-state index in [9.17, 15) is 9.59 Å². The van der Waals surface area contributed by atoms with E-state index in [2.05, 4.69) is 5.32 Å². The van der Waals surface area contributed by atoms with Crippen LogP contribution in [0.15, 0.2) is 24.3 Å². The molecular formula is C14H13Cl2NO3. The van der Waals surface area contributed by atoms with Crippen LogP contribution in [0.5, 0.6) is 0 Å². The molecule has 1 atom stereocenters. The number of anilines is 1. The lowest BCUT2D eigenvalue weighted by Gasteiger charge is -2.12. The van der Waals surface area contributed by atoms with E-state index < -0.39 is 5.97 Å². The van der Waals surface area contributed by atoms with Crippen LogP contribution in [0.3, 0.4) is 0 Å². The summed E-state index contributed by atoms with van der Waals surface area (Å²) in [5.74, 6) is -1.24. The Balaban J connectivity index is 2.17. The van der Waals surface area contributed by atoms with E-state index in [4.69, 9.17) is 28.3 Å². The molecule has 0 fully saturated rings. The molecule has 0 saturated carbocycles. The van der Waals surface area contributed by atoms with Gasteiger partial charge in [-0.3, -0.25) is 4.79 Å². The van der Waals surface area contributed by atoms with Crippen LogP contribution >= 0.6 is 23.2 Å². The number of hydrogen-bond donors (Lipinski definition) is 2. The standard InChI is InChI=1S/C14H13Cl2NO3/c15-9-6-10(14(19)20)13(11(16)7-9)17-12(18)5-8-3-1-2-4-8/h1,3,6-8H,2,4-5H2,(H,17,18)(H,19,20). The molecule has 0 aliphatic heterocycles. The molecule has 1 aromatic carbocycles. The van der Waals surface area contributed by atoms with Crippen LogP contribution in [0.1, 0.15) is 29.6 Å². The number of aromatic carboxylic acids is 1. The van der Waals surface area contributed by atoms with Gasteiger partial charge in [0.2, 0.25) is 5.91 Å². The third-order valence-corrected chi connectivity index (χ3v) is 3.63. The normalized spacial score (nSPS) is 17.2. The molecule has 1 unspecified atom stereocenters. The minimum atomic E-state index is -1.19. The Morgan fingerprint density at radius 3 is 2.70 bits per heavy atom. The number of carboxylic acid groups (broad SMARTS) is 1. The van der Waals surface area contributed by atoms with Gasteiger partial charge in [0.15, 0.2) is 0 Å². The fraction of sp³-hybridized carbons (Fsp3) is 0.286. The van der Waals surface area contributed by atoms with Crippen molar-refractivity contribution in [2.45, 2.75) is 19.3 Å². The Morgan fingerprint density at radius 2 is 2.10 bits per heavy atom. The zero-order chi connectivity index (χ0) is 14.7. The first-order valence-electron chi connectivity index (χ1n) is 6.16. The number of carbonyl (C=O) groups excluding carboxylic acids is 1. The Kier molecular flexibility index (Phi) is 4.68. The third-order valence-electron chi connectivity index (χ3n) is 3.11. The summed E-state index contributed by atoms with van der Waals surface area (Å²) in [6.45, 7) is 0. The Hall–Kier alpha value is -1.52. The molecule has 0 radical (unpaired) electrons. The summed E-state index contributed by atoms with van der Waals surface area (Å²) in [6.07, 6.45) is 6.26. The van der Waals surface area contributed by atoms with Gasteiger partial charge in [0, 0.05) is 11.4 Å². The van der Waals surface area contributed by atoms with Crippen LogP contribution in [-0.4, -0.2) is 17.0 Å². The van der Waals surface area contributed by atoms with Gasteiger partial charge in [0.05, 0.1) is 16.3 Å². The molecule has 0 bridgehead atoms. The second-order valence-corrected chi connectivity index (χ2v) is 5.48. The number of halogens is 2. The number of rotatable bonds is 4. The highest BCUT2D eigenvalue weighted by molar-refractivity contribution is 6.37. The van der Waals surface area contributed by atoms with Crippen LogP contribution in [0, 0.1) is 5.92 Å². The van der Waals surface area contributed by atoms with Gasteiger partial charge in [-0.1, -0.05) is 35.4 Å². The first-order valence-corrected chi connectivity index (χ1v) is 6.92. The van der Waals surface area contributed by atoms with Crippen LogP contribution in [0.2, 0.25) is 10.0 Å². The topological polar surface area (TPSA) is 66.4 Å². The second kappa shape index (κ2) is 6.29. The summed E-state index contributed by atoms with van der Waals surface area (Å²) < 4.78 is 0. The first kappa shape index (κ1) is 14.9. The molecular weight excluding hydrogens is 301 g/mol. The third kappa shape index (κ3) is 3.52. The van der Waals surface area contributed by atoms with E-state index in [0.29, 0.717) is 6.42 Å². The highest BCUT2D eigenvalue weighted by atomic mass is 35.5. The smallest absolute Gasteiger partial charge is 0.337 e. The lowest BCUT2D eigenvalue weighted by Crippen LogP contribution is -2.17. The van der Waals surface area contributed by atoms with E-state index in [0.717, 1.165) is 12.8 Å². The van der Waals surface area contributed by atoms with Gasteiger partial charge in [-0.05, 0) is 30.9 Å². The number of benzene rings is 1. The molecule has 1 aliphatic rings. The molecule has 0 saturated heterocycles. The molecule has 0 aromatic heterocycles. The average molecular weight is 314 g/mol. The van der Waals surface area contributed by atoms with Crippen LogP contribution in [0.25, 0.3) is 0 Å². The molecule has 6 heteroatoms. The van der Waals surface area contributed by atoms with E-state index in [1.54, 1.807) is 0 Å². The Morgan fingerprint density at radius 1 is 1.35 bits per heavy atom. The van der Waals surface area contributed by atoms with E-state index in [1.165, 1.54) is 12.1 Å². The van der Waals surface area contributed by atoms with Crippen molar-refractivity contribution >= 4 is 40.8 Å². The van der Waals surface area contributed by atoms with Gasteiger partial charge >= 0.3 is 5.97 Å². The van der Waals surface area contributed by atoms with Crippen molar-refractivity contribution in [2.24, 2.45) is 5.92 Å². The molecule has 0 heterocycles. The lowest BCUT2D eigenvalue weighted by molar-refractivity contribution is -0.116. The van der Waals surface area contributed by atoms with E-state index in [-0.39, 0.29) is 33.1 Å². The van der Waals surface area contributed by atoms with E-state index >= 15 is 0 Å². The summed E-state index contributed by atoms with van der Waals surface area (Å²) >= 11 is 11.7. The van der Waals surface area contributed by atoms with E-state index in [1.807, 2.05) is 12.2 Å². The SMILES string of the molecule is O=C(CC1C=CCC1)Nc1c(Cl)cc(Cl)cc1C(=O)O. The predicted molar refractivity (Wildman–Crippen MR) is 78.5 cm³/mol. The van der Waals surface area contributed by atoms with Gasteiger partial charge < -0.3 is 10.4 Å². The lowest BCUT2D eigenvalue weighted by atomic mass is 10.0. The van der Waals surface area contributed by atoms with Gasteiger partial charge in [0.25, 0.3) is 0 Å². The summed E-state index contributed by atoms with van der Waals surface area (Å²) in [5, 5.41) is 12.0. The molecule has 1 aromatic rings. The van der Waals surface area contributed by atoms with Crippen molar-refractivity contribution in [2.75, 3.05) is 5.32 Å². The number of carboxylic acids is 1. The maximum Gasteiger partial charge on any atom is 0.337 e. The summed E-state index contributed by atoms with van der Waals surface area (Å²) in [4.78, 5) is 23.1. The van der Waals surface area contributed by atoms with Crippen molar-refractivity contribution < 1.29 is 14.7 Å². The Labute approximate surface area is 126 Å². The highest BCUT2D eigenvalue weighted by Crippen LogP contribution is 2.31. The fourth-order valence-electron chi connectivity index (χ4n) is 2.16. The van der Waals surface area contributed by atoms with Crippen LogP contribution < -0.4 is 5.32 Å². The molecule has 1 aliphatic carbocycles. The zero-order valence-electron chi connectivity index (χ0n) is 10.5. The largest absolute Gasteiger partial charge is 0.478 e. The van der Waals surface area contributed by atoms with Crippen molar-refractivity contribution in [3.63, 3.8) is 0 Å². The second-order valence-electron chi connectivity index (χ2n) is 4.63. The minimum absolute atomic E-state index is 0.0931. The van der Waals surface area contributed by atoms with Crippen molar-refractivity contribution in [3.05, 3.63) is 39.9 Å². The highest BCUT2D eigenvalue weighted by Gasteiger charge is 2.19. The Bertz CT molecular complexity index is 584. The number of allylic oxidation sites excluding steroid dienone is 2. The molecule has 1 amide bonds. The minimum Gasteiger partial charge on any atom is -0.478 e. The summed E-state index contributed by atoms with van der Waals surface area (Å²) in [5.41, 5.74) is -0.0200. The zero-order valence-corrected chi connectivity index (χ0v) is 12.0. The average Bonchev–Trinajstić information content (AvgIpc) is 2.84. The molecule has 106 valence electrons. The number of nitrogens with one attached hydrogen (secondary N) is 1. The van der Waals surface area contributed by atoms with Gasteiger partial charge in [-0.25, -0.2) is 4.79 Å². The van der Waals surface area contributed by atoms with Gasteiger partial charge in [-0.15, -0.1) is 0 Å². The molecule has 4 nitrogen and oxygen atoms in total. The number of hydrogen-bond acceptors (Lipinski definition) is 2. The van der Waals surface area contributed by atoms with Crippen LogP contribution in [0.4, 0.5) is 5.69 Å².